The second-order valence-corrected chi connectivity index (χ2v) is 8.19. The minimum Gasteiger partial charge on any atom is -0.482 e. The van der Waals surface area contributed by atoms with Gasteiger partial charge < -0.3 is 14.2 Å². The first kappa shape index (κ1) is 21.4. The zero-order chi connectivity index (χ0) is 21.9. The Balaban J connectivity index is 1.77. The number of fused-ring (bicyclic) bond motifs is 1. The Morgan fingerprint density at radius 1 is 1.17 bits per heavy atom. The van der Waals surface area contributed by atoms with E-state index in [0.29, 0.717) is 17.1 Å². The molecule has 0 bridgehead atoms. The Morgan fingerprint density at radius 2 is 1.87 bits per heavy atom. The molecule has 3 rings (SSSR count). The van der Waals surface area contributed by atoms with Crippen LogP contribution in [0.3, 0.4) is 0 Å². The number of esters is 1. The molecule has 1 heterocycles. The standard InChI is InChI=1S/C25H26O5/c1-6-11-28-22(26)15-29-19-12-16(2)23-20(14-19)30-21(24(23)27)13-17-7-9-18(10-8-17)25(3,4)5/h6-10,12-14H,1,11,15H2,2-5H3/b21-13-. The summed E-state index contributed by atoms with van der Waals surface area (Å²) in [5.41, 5.74) is 3.40. The number of ether oxygens (including phenoxy) is 3. The number of carbonyl (C=O) groups is 2. The summed E-state index contributed by atoms with van der Waals surface area (Å²) in [5.74, 6) is 0.459. The fourth-order valence-electron chi connectivity index (χ4n) is 3.13. The van der Waals surface area contributed by atoms with Crippen LogP contribution in [0.4, 0.5) is 0 Å². The van der Waals surface area contributed by atoms with E-state index in [4.69, 9.17) is 14.2 Å². The summed E-state index contributed by atoms with van der Waals surface area (Å²) in [6.45, 7) is 11.7. The molecule has 1 aliphatic heterocycles. The molecule has 0 aromatic heterocycles. The fourth-order valence-corrected chi connectivity index (χ4v) is 3.13. The molecule has 0 saturated heterocycles. The largest absolute Gasteiger partial charge is 0.482 e. The lowest BCUT2D eigenvalue weighted by Gasteiger charge is -2.18. The predicted molar refractivity (Wildman–Crippen MR) is 116 cm³/mol. The molecule has 5 nitrogen and oxygen atoms in total. The Bertz CT molecular complexity index is 1010. The number of Topliss-reactive ketones (excluding diaryl/α,β-unsaturated/α-hetero) is 1. The summed E-state index contributed by atoms with van der Waals surface area (Å²) in [4.78, 5) is 24.4. The summed E-state index contributed by atoms with van der Waals surface area (Å²) in [6, 6.07) is 11.4. The zero-order valence-electron chi connectivity index (χ0n) is 17.8. The van der Waals surface area contributed by atoms with E-state index in [-0.39, 0.29) is 30.2 Å². The van der Waals surface area contributed by atoms with Crippen LogP contribution in [-0.2, 0) is 14.9 Å². The van der Waals surface area contributed by atoms with E-state index in [1.54, 1.807) is 18.2 Å². The van der Waals surface area contributed by atoms with Crippen molar-refractivity contribution in [3.05, 3.63) is 77.1 Å². The quantitative estimate of drug-likeness (QED) is 0.383. The average Bonchev–Trinajstić information content (AvgIpc) is 3.00. The van der Waals surface area contributed by atoms with Crippen molar-refractivity contribution in [2.45, 2.75) is 33.1 Å². The molecular weight excluding hydrogens is 380 g/mol. The highest BCUT2D eigenvalue weighted by Crippen LogP contribution is 2.37. The van der Waals surface area contributed by atoms with Gasteiger partial charge in [-0.05, 0) is 41.2 Å². The third-order valence-electron chi connectivity index (χ3n) is 4.74. The highest BCUT2D eigenvalue weighted by molar-refractivity contribution is 6.15. The van der Waals surface area contributed by atoms with Crippen molar-refractivity contribution in [1.82, 2.24) is 0 Å². The van der Waals surface area contributed by atoms with Gasteiger partial charge in [-0.1, -0.05) is 57.7 Å². The van der Waals surface area contributed by atoms with Gasteiger partial charge in [-0.3, -0.25) is 4.79 Å². The van der Waals surface area contributed by atoms with Gasteiger partial charge in [-0.2, -0.15) is 0 Å². The van der Waals surface area contributed by atoms with Crippen LogP contribution in [-0.4, -0.2) is 25.0 Å². The van der Waals surface area contributed by atoms with E-state index < -0.39 is 5.97 Å². The van der Waals surface area contributed by atoms with E-state index >= 15 is 0 Å². The van der Waals surface area contributed by atoms with Crippen LogP contribution < -0.4 is 9.47 Å². The zero-order valence-corrected chi connectivity index (χ0v) is 17.8. The molecule has 5 heteroatoms. The van der Waals surface area contributed by atoms with Gasteiger partial charge in [-0.25, -0.2) is 4.79 Å². The van der Waals surface area contributed by atoms with Crippen LogP contribution in [0.15, 0.2) is 54.8 Å². The smallest absolute Gasteiger partial charge is 0.344 e. The van der Waals surface area contributed by atoms with Crippen molar-refractivity contribution < 1.29 is 23.8 Å². The number of benzene rings is 2. The third kappa shape index (κ3) is 4.79. The van der Waals surface area contributed by atoms with E-state index in [2.05, 4.69) is 39.5 Å². The summed E-state index contributed by atoms with van der Waals surface area (Å²) >= 11 is 0. The molecule has 0 fully saturated rings. The van der Waals surface area contributed by atoms with Crippen molar-refractivity contribution >= 4 is 17.8 Å². The molecule has 156 valence electrons. The molecule has 0 saturated carbocycles. The number of aryl methyl sites for hydroxylation is 1. The molecule has 0 radical (unpaired) electrons. The highest BCUT2D eigenvalue weighted by Gasteiger charge is 2.30. The number of allylic oxidation sites excluding steroid dienone is 1. The minimum atomic E-state index is -0.496. The van der Waals surface area contributed by atoms with E-state index in [1.807, 2.05) is 19.1 Å². The maximum absolute atomic E-state index is 12.8. The lowest BCUT2D eigenvalue weighted by atomic mass is 9.86. The highest BCUT2D eigenvalue weighted by atomic mass is 16.6. The van der Waals surface area contributed by atoms with Crippen LogP contribution in [0.1, 0.15) is 47.8 Å². The number of ketones is 1. The van der Waals surface area contributed by atoms with E-state index in [1.165, 1.54) is 11.6 Å². The Morgan fingerprint density at radius 3 is 2.50 bits per heavy atom. The van der Waals surface area contributed by atoms with Crippen molar-refractivity contribution in [2.24, 2.45) is 0 Å². The van der Waals surface area contributed by atoms with Gasteiger partial charge in [-0.15, -0.1) is 0 Å². The molecule has 0 N–H and O–H groups in total. The second kappa shape index (κ2) is 8.57. The fraction of sp³-hybridized carbons (Fsp3) is 0.280. The maximum atomic E-state index is 12.8. The number of rotatable bonds is 6. The van der Waals surface area contributed by atoms with Crippen molar-refractivity contribution in [1.29, 1.82) is 0 Å². The molecule has 0 amide bonds. The van der Waals surface area contributed by atoms with Crippen molar-refractivity contribution in [2.75, 3.05) is 13.2 Å². The van der Waals surface area contributed by atoms with Gasteiger partial charge in [0.05, 0.1) is 5.56 Å². The normalized spacial score (nSPS) is 14.3. The third-order valence-corrected chi connectivity index (χ3v) is 4.74. The average molecular weight is 406 g/mol. The van der Waals surface area contributed by atoms with Gasteiger partial charge in [0.1, 0.15) is 18.1 Å². The van der Waals surface area contributed by atoms with Crippen LogP contribution in [0, 0.1) is 6.92 Å². The Kier molecular flexibility index (Phi) is 6.11. The molecule has 2 aromatic carbocycles. The SMILES string of the molecule is C=CCOC(=O)COc1cc(C)c2c(c1)O/C(=C\c1ccc(C(C)(C)C)cc1)C2=O. The maximum Gasteiger partial charge on any atom is 0.344 e. The van der Waals surface area contributed by atoms with Crippen LogP contribution in [0.25, 0.3) is 6.08 Å². The Hall–Kier alpha value is -3.34. The molecule has 30 heavy (non-hydrogen) atoms. The van der Waals surface area contributed by atoms with Gasteiger partial charge in [0.2, 0.25) is 5.78 Å². The van der Waals surface area contributed by atoms with Crippen molar-refractivity contribution in [3.8, 4) is 11.5 Å². The first-order valence-corrected chi connectivity index (χ1v) is 9.78. The first-order valence-electron chi connectivity index (χ1n) is 9.78. The molecule has 2 aromatic rings. The molecule has 0 unspecified atom stereocenters. The molecule has 0 spiro atoms. The minimum absolute atomic E-state index is 0.0627. The summed E-state index contributed by atoms with van der Waals surface area (Å²) in [7, 11) is 0. The van der Waals surface area contributed by atoms with Gasteiger partial charge in [0, 0.05) is 6.07 Å². The Labute approximate surface area is 177 Å². The van der Waals surface area contributed by atoms with Gasteiger partial charge >= 0.3 is 5.97 Å². The van der Waals surface area contributed by atoms with E-state index in [0.717, 1.165) is 11.1 Å². The summed E-state index contributed by atoms with van der Waals surface area (Å²) in [5, 5.41) is 0. The summed E-state index contributed by atoms with van der Waals surface area (Å²) < 4.78 is 16.2. The monoisotopic (exact) mass is 406 g/mol. The van der Waals surface area contributed by atoms with Crippen LogP contribution >= 0.6 is 0 Å². The molecule has 1 aliphatic rings. The topological polar surface area (TPSA) is 61.8 Å². The molecule has 0 aliphatic carbocycles. The lowest BCUT2D eigenvalue weighted by Crippen LogP contribution is -2.14. The number of carbonyl (C=O) groups excluding carboxylic acids is 2. The molecule has 0 atom stereocenters. The second-order valence-electron chi connectivity index (χ2n) is 8.19. The summed E-state index contributed by atoms with van der Waals surface area (Å²) in [6.07, 6.45) is 3.23. The first-order chi connectivity index (χ1) is 14.2. The van der Waals surface area contributed by atoms with Crippen LogP contribution in [0.5, 0.6) is 11.5 Å². The van der Waals surface area contributed by atoms with Gasteiger partial charge in [0.25, 0.3) is 0 Å². The number of hydrogen-bond acceptors (Lipinski definition) is 5. The lowest BCUT2D eigenvalue weighted by molar-refractivity contribution is -0.144. The molecular formula is C25H26O5. The number of hydrogen-bond donors (Lipinski definition) is 0. The predicted octanol–water partition coefficient (Wildman–Crippen LogP) is 5.02. The van der Waals surface area contributed by atoms with Crippen molar-refractivity contribution in [3.63, 3.8) is 0 Å². The van der Waals surface area contributed by atoms with E-state index in [9.17, 15) is 9.59 Å². The van der Waals surface area contributed by atoms with Gasteiger partial charge in [0.15, 0.2) is 12.4 Å². The van der Waals surface area contributed by atoms with Crippen LogP contribution in [0.2, 0.25) is 0 Å².